The Hall–Kier alpha value is -1.89. The monoisotopic (exact) mass is 307 g/mol. The molecule has 1 aliphatic rings. The summed E-state index contributed by atoms with van der Waals surface area (Å²) >= 11 is 0. The lowest BCUT2D eigenvalue weighted by atomic mass is 9.85. The van der Waals surface area contributed by atoms with Crippen LogP contribution in [0.4, 0.5) is 11.8 Å². The summed E-state index contributed by atoms with van der Waals surface area (Å²) in [7, 11) is 0. The molecule has 22 heavy (non-hydrogen) atoms. The van der Waals surface area contributed by atoms with Crippen LogP contribution in [0.15, 0.2) is 6.20 Å². The van der Waals surface area contributed by atoms with Crippen molar-refractivity contribution >= 4 is 17.7 Å². The third-order valence-corrected chi connectivity index (χ3v) is 3.97. The highest BCUT2D eigenvalue weighted by atomic mass is 16.3. The van der Waals surface area contributed by atoms with Crippen molar-refractivity contribution in [1.82, 2.24) is 9.97 Å². The van der Waals surface area contributed by atoms with Crippen molar-refractivity contribution in [3.63, 3.8) is 0 Å². The van der Waals surface area contributed by atoms with Gasteiger partial charge in [0.05, 0.1) is 11.7 Å². The van der Waals surface area contributed by atoms with Crippen LogP contribution in [0.1, 0.15) is 50.4 Å². The fraction of sp³-hybridized carbons (Fsp3) is 0.667. The van der Waals surface area contributed by atoms with Crippen LogP contribution in [0.2, 0.25) is 0 Å². The van der Waals surface area contributed by atoms with E-state index in [4.69, 9.17) is 5.73 Å². The molecule has 1 amide bonds. The first kappa shape index (κ1) is 16.5. The summed E-state index contributed by atoms with van der Waals surface area (Å²) in [6.07, 6.45) is 3.60. The standard InChI is InChI=1S/C15H25N5O2/c1-8(2)18-15-17-7-11(13(16)22)14(20-15)19-10-5-4-9(3)12(21)6-10/h7-10,12,21H,4-6H2,1-3H3,(H2,16,22)(H2,17,18,19,20)/t9-,10-,12-/m1/s1. The van der Waals surface area contributed by atoms with Gasteiger partial charge in [0.1, 0.15) is 5.82 Å². The van der Waals surface area contributed by atoms with Crippen LogP contribution in [-0.2, 0) is 0 Å². The Morgan fingerprint density at radius 2 is 2.18 bits per heavy atom. The van der Waals surface area contributed by atoms with Crippen LogP contribution in [0.25, 0.3) is 0 Å². The van der Waals surface area contributed by atoms with E-state index < -0.39 is 5.91 Å². The van der Waals surface area contributed by atoms with Crippen molar-refractivity contribution in [2.75, 3.05) is 10.6 Å². The average molecular weight is 307 g/mol. The van der Waals surface area contributed by atoms with E-state index in [1.54, 1.807) is 0 Å². The highest BCUT2D eigenvalue weighted by Crippen LogP contribution is 2.27. The van der Waals surface area contributed by atoms with Gasteiger partial charge in [-0.05, 0) is 39.0 Å². The minimum atomic E-state index is -0.566. The van der Waals surface area contributed by atoms with E-state index in [-0.39, 0.29) is 23.8 Å². The number of nitrogens with one attached hydrogen (secondary N) is 2. The molecule has 1 aromatic heterocycles. The summed E-state index contributed by atoms with van der Waals surface area (Å²) in [5.74, 6) is 0.616. The topological polar surface area (TPSA) is 113 Å². The van der Waals surface area contributed by atoms with Crippen molar-refractivity contribution in [3.8, 4) is 0 Å². The fourth-order valence-electron chi connectivity index (χ4n) is 2.62. The maximum atomic E-state index is 11.5. The lowest BCUT2D eigenvalue weighted by Crippen LogP contribution is -2.35. The molecule has 7 heteroatoms. The fourth-order valence-corrected chi connectivity index (χ4v) is 2.62. The smallest absolute Gasteiger partial charge is 0.254 e. The van der Waals surface area contributed by atoms with Crippen molar-refractivity contribution in [2.45, 2.75) is 58.2 Å². The number of hydrogen-bond acceptors (Lipinski definition) is 6. The molecular formula is C15H25N5O2. The molecule has 0 radical (unpaired) electrons. The molecule has 2 rings (SSSR count). The number of anilines is 2. The Labute approximate surface area is 130 Å². The lowest BCUT2D eigenvalue weighted by Gasteiger charge is -2.32. The number of rotatable bonds is 5. The highest BCUT2D eigenvalue weighted by Gasteiger charge is 2.27. The molecule has 1 fully saturated rings. The molecule has 0 bridgehead atoms. The normalized spacial score (nSPS) is 25.0. The van der Waals surface area contributed by atoms with Gasteiger partial charge < -0.3 is 21.5 Å². The predicted octanol–water partition coefficient (Wildman–Crippen LogP) is 1.36. The van der Waals surface area contributed by atoms with E-state index in [0.29, 0.717) is 24.1 Å². The van der Waals surface area contributed by atoms with E-state index in [1.807, 2.05) is 20.8 Å². The van der Waals surface area contributed by atoms with Crippen molar-refractivity contribution < 1.29 is 9.90 Å². The maximum absolute atomic E-state index is 11.5. The number of nitrogens with two attached hydrogens (primary N) is 1. The Bertz CT molecular complexity index is 535. The zero-order valence-electron chi connectivity index (χ0n) is 13.3. The van der Waals surface area contributed by atoms with E-state index in [2.05, 4.69) is 20.6 Å². The van der Waals surface area contributed by atoms with Gasteiger partial charge in [-0.2, -0.15) is 4.98 Å². The molecule has 0 unspecified atom stereocenters. The number of hydrogen-bond donors (Lipinski definition) is 4. The molecule has 0 aliphatic heterocycles. The summed E-state index contributed by atoms with van der Waals surface area (Å²) in [4.78, 5) is 20.0. The second kappa shape index (κ2) is 6.91. The third kappa shape index (κ3) is 4.07. The number of aliphatic hydroxyl groups is 1. The van der Waals surface area contributed by atoms with Crippen molar-refractivity contribution in [3.05, 3.63) is 11.8 Å². The molecule has 1 aromatic rings. The Morgan fingerprint density at radius 1 is 1.45 bits per heavy atom. The van der Waals surface area contributed by atoms with Gasteiger partial charge in [-0.25, -0.2) is 4.98 Å². The number of aromatic nitrogens is 2. The predicted molar refractivity (Wildman–Crippen MR) is 85.7 cm³/mol. The van der Waals surface area contributed by atoms with Crippen molar-refractivity contribution in [1.29, 1.82) is 0 Å². The van der Waals surface area contributed by atoms with Gasteiger partial charge in [-0.15, -0.1) is 0 Å². The minimum Gasteiger partial charge on any atom is -0.393 e. The van der Waals surface area contributed by atoms with E-state index in [0.717, 1.165) is 12.8 Å². The number of primary amides is 1. The highest BCUT2D eigenvalue weighted by molar-refractivity contribution is 5.97. The molecular weight excluding hydrogens is 282 g/mol. The molecule has 1 saturated carbocycles. The molecule has 5 N–H and O–H groups in total. The summed E-state index contributed by atoms with van der Waals surface area (Å²) in [5.41, 5.74) is 5.66. The summed E-state index contributed by atoms with van der Waals surface area (Å²) < 4.78 is 0. The summed E-state index contributed by atoms with van der Waals surface area (Å²) in [6, 6.07) is 0.260. The molecule has 3 atom stereocenters. The van der Waals surface area contributed by atoms with Crippen LogP contribution >= 0.6 is 0 Å². The zero-order chi connectivity index (χ0) is 16.3. The van der Waals surface area contributed by atoms with Gasteiger partial charge in [-0.1, -0.05) is 6.92 Å². The molecule has 122 valence electrons. The van der Waals surface area contributed by atoms with E-state index in [9.17, 15) is 9.90 Å². The quantitative estimate of drug-likeness (QED) is 0.653. The third-order valence-electron chi connectivity index (χ3n) is 3.97. The second-order valence-electron chi connectivity index (χ2n) is 6.32. The molecule has 7 nitrogen and oxygen atoms in total. The lowest BCUT2D eigenvalue weighted by molar-refractivity contribution is 0.0739. The number of carbonyl (C=O) groups is 1. The van der Waals surface area contributed by atoms with Crippen LogP contribution in [0, 0.1) is 5.92 Å². The van der Waals surface area contributed by atoms with Gasteiger partial charge >= 0.3 is 0 Å². The van der Waals surface area contributed by atoms with E-state index in [1.165, 1.54) is 6.20 Å². The van der Waals surface area contributed by atoms with Gasteiger partial charge in [0.15, 0.2) is 0 Å². The van der Waals surface area contributed by atoms with Crippen LogP contribution in [-0.4, -0.2) is 39.2 Å². The summed E-state index contributed by atoms with van der Waals surface area (Å²) in [6.45, 7) is 6.01. The molecule has 0 saturated heterocycles. The largest absolute Gasteiger partial charge is 0.393 e. The minimum absolute atomic E-state index is 0.0751. The van der Waals surface area contributed by atoms with Crippen LogP contribution in [0.5, 0.6) is 0 Å². The Balaban J connectivity index is 2.18. The van der Waals surface area contributed by atoms with Crippen LogP contribution in [0.3, 0.4) is 0 Å². The summed E-state index contributed by atoms with van der Waals surface area (Å²) in [5, 5.41) is 16.3. The van der Waals surface area contributed by atoms with Gasteiger partial charge in [0.25, 0.3) is 5.91 Å². The molecule has 1 aliphatic carbocycles. The maximum Gasteiger partial charge on any atom is 0.254 e. The van der Waals surface area contributed by atoms with Gasteiger partial charge in [-0.3, -0.25) is 4.79 Å². The number of carbonyl (C=O) groups excluding carboxylic acids is 1. The number of amides is 1. The molecule has 0 aromatic carbocycles. The second-order valence-corrected chi connectivity index (χ2v) is 6.32. The molecule has 0 spiro atoms. The van der Waals surface area contributed by atoms with E-state index >= 15 is 0 Å². The van der Waals surface area contributed by atoms with Gasteiger partial charge in [0.2, 0.25) is 5.95 Å². The first-order valence-corrected chi connectivity index (χ1v) is 7.74. The molecule has 1 heterocycles. The first-order valence-electron chi connectivity index (χ1n) is 7.74. The first-order chi connectivity index (χ1) is 10.4. The number of aliphatic hydroxyl groups excluding tert-OH is 1. The Morgan fingerprint density at radius 3 is 2.77 bits per heavy atom. The zero-order valence-corrected chi connectivity index (χ0v) is 13.3. The van der Waals surface area contributed by atoms with Gasteiger partial charge in [0, 0.05) is 18.3 Å². The Kier molecular flexibility index (Phi) is 5.18. The average Bonchev–Trinajstić information content (AvgIpc) is 2.42. The van der Waals surface area contributed by atoms with Crippen LogP contribution < -0.4 is 16.4 Å². The van der Waals surface area contributed by atoms with Crippen molar-refractivity contribution in [2.24, 2.45) is 11.7 Å². The number of nitrogens with zero attached hydrogens (tertiary/aromatic N) is 2. The SMILES string of the molecule is CC(C)Nc1ncc(C(N)=O)c(N[C@@H]2CC[C@@H](C)[C@H](O)C2)n1.